The molecule has 0 saturated carbocycles. The Balaban J connectivity index is 0.00000466. The Bertz CT molecular complexity index is 603. The third-order valence-electron chi connectivity index (χ3n) is 4.77. The molecule has 0 fully saturated rings. The number of nitrogens with one attached hydrogen (secondary N) is 2. The number of amides is 1. The molecule has 1 aliphatic heterocycles. The van der Waals surface area contributed by atoms with Gasteiger partial charge < -0.3 is 30.7 Å². The van der Waals surface area contributed by atoms with Crippen molar-refractivity contribution in [1.29, 1.82) is 0 Å². The number of aliphatic hydroxyl groups is 3. The van der Waals surface area contributed by atoms with Crippen LogP contribution in [-0.4, -0.2) is 88.1 Å². The summed E-state index contributed by atoms with van der Waals surface area (Å²) in [7, 11) is 0. The largest absolute Gasteiger partial charge is 0.394 e. The molecule has 10 heteroatoms. The highest BCUT2D eigenvalue weighted by atomic mass is 35.5. The van der Waals surface area contributed by atoms with Crippen molar-refractivity contribution in [1.82, 2.24) is 10.6 Å². The maximum Gasteiger partial charge on any atom is 0.237 e. The van der Waals surface area contributed by atoms with E-state index < -0.39 is 47.8 Å². The Morgan fingerprint density at radius 1 is 1.41 bits per heavy atom. The van der Waals surface area contributed by atoms with Gasteiger partial charge in [0.05, 0.1) is 30.2 Å². The normalized spacial score (nSPS) is 22.3. The predicted octanol–water partition coefficient (Wildman–Crippen LogP) is 1.37. The van der Waals surface area contributed by atoms with Gasteiger partial charge in [-0.05, 0) is 45.6 Å². The number of aliphatic hydroxyl groups excluding tert-OH is 3. The molecule has 0 aliphatic carbocycles. The van der Waals surface area contributed by atoms with E-state index in [0.29, 0.717) is 25.7 Å². The number of hydrogen-bond donors (Lipinski definition) is 5. The zero-order chi connectivity index (χ0) is 24.7. The number of ether oxygens (including phenoxy) is 1. The first-order valence-electron chi connectivity index (χ1n) is 10.9. The molecule has 186 valence electrons. The van der Waals surface area contributed by atoms with E-state index in [-0.39, 0.29) is 5.91 Å². The second-order valence-electron chi connectivity index (χ2n) is 7.17. The van der Waals surface area contributed by atoms with E-state index in [0.717, 1.165) is 5.57 Å². The molecular weight excluding hydrogens is 456 g/mol. The van der Waals surface area contributed by atoms with Crippen LogP contribution in [0.25, 0.3) is 0 Å². The van der Waals surface area contributed by atoms with Crippen molar-refractivity contribution in [3.05, 3.63) is 23.8 Å². The van der Waals surface area contributed by atoms with Gasteiger partial charge in [0.1, 0.15) is 23.9 Å². The SMILES string of the molecule is CC.CSC(OC(C(NC(=O)C1CC=C(/C=C/C=O)CCN1)C(C)Cl)[C@@H](O)CO)C(C)O. The lowest BCUT2D eigenvalue weighted by molar-refractivity contribution is -0.130. The van der Waals surface area contributed by atoms with Crippen LogP contribution in [0.1, 0.15) is 40.5 Å². The minimum atomic E-state index is -1.30. The summed E-state index contributed by atoms with van der Waals surface area (Å²) < 4.78 is 5.84. The number of alkyl halides is 1. The maximum atomic E-state index is 12.9. The second kappa shape index (κ2) is 17.5. The topological polar surface area (TPSA) is 128 Å². The quantitative estimate of drug-likeness (QED) is 0.119. The van der Waals surface area contributed by atoms with Crippen LogP contribution in [-0.2, 0) is 14.3 Å². The van der Waals surface area contributed by atoms with Crippen LogP contribution in [0.2, 0.25) is 0 Å². The summed E-state index contributed by atoms with van der Waals surface area (Å²) in [5.41, 5.74) is 0.293. The van der Waals surface area contributed by atoms with Gasteiger partial charge >= 0.3 is 0 Å². The van der Waals surface area contributed by atoms with Gasteiger partial charge in [0.2, 0.25) is 5.91 Å². The van der Waals surface area contributed by atoms with E-state index in [2.05, 4.69) is 10.6 Å². The first-order valence-corrected chi connectivity index (χ1v) is 12.6. The van der Waals surface area contributed by atoms with Gasteiger partial charge in [0.25, 0.3) is 0 Å². The van der Waals surface area contributed by atoms with Gasteiger partial charge in [-0.2, -0.15) is 0 Å². The van der Waals surface area contributed by atoms with Crippen LogP contribution >= 0.6 is 23.4 Å². The van der Waals surface area contributed by atoms with E-state index >= 15 is 0 Å². The molecule has 5 N–H and O–H groups in total. The average molecular weight is 495 g/mol. The Labute approximate surface area is 200 Å². The molecule has 0 spiro atoms. The monoisotopic (exact) mass is 494 g/mol. The van der Waals surface area contributed by atoms with E-state index in [1.807, 2.05) is 19.9 Å². The molecule has 0 aromatic rings. The number of aldehydes is 1. The Hall–Kier alpha value is -0.940. The first-order chi connectivity index (χ1) is 15.2. The molecule has 1 heterocycles. The summed E-state index contributed by atoms with van der Waals surface area (Å²) in [6, 6.07) is -1.33. The summed E-state index contributed by atoms with van der Waals surface area (Å²) in [5, 5.41) is 35.0. The highest BCUT2D eigenvalue weighted by molar-refractivity contribution is 7.99. The minimum absolute atomic E-state index is 0.319. The summed E-state index contributed by atoms with van der Waals surface area (Å²) >= 11 is 7.56. The minimum Gasteiger partial charge on any atom is -0.394 e. The number of carbonyl (C=O) groups excluding carboxylic acids is 2. The number of allylic oxidation sites excluding steroid dienone is 2. The van der Waals surface area contributed by atoms with Gasteiger partial charge in [-0.1, -0.05) is 31.6 Å². The molecule has 0 aromatic carbocycles. The van der Waals surface area contributed by atoms with E-state index in [1.54, 1.807) is 26.2 Å². The van der Waals surface area contributed by atoms with Crippen LogP contribution in [0.4, 0.5) is 0 Å². The average Bonchev–Trinajstić information content (AvgIpc) is 3.03. The lowest BCUT2D eigenvalue weighted by atomic mass is 10.0. The van der Waals surface area contributed by atoms with Crippen LogP contribution in [0.15, 0.2) is 23.8 Å². The molecule has 1 amide bonds. The summed E-state index contributed by atoms with van der Waals surface area (Å²) in [6.07, 6.45) is 5.44. The highest BCUT2D eigenvalue weighted by Gasteiger charge is 2.37. The zero-order valence-corrected chi connectivity index (χ0v) is 21.1. The van der Waals surface area contributed by atoms with Gasteiger partial charge in [0, 0.05) is 0 Å². The molecule has 0 radical (unpaired) electrons. The van der Waals surface area contributed by atoms with Gasteiger partial charge in [0.15, 0.2) is 0 Å². The number of halogens is 1. The number of hydrogen-bond acceptors (Lipinski definition) is 8. The fraction of sp³-hybridized carbons (Fsp3) is 0.727. The van der Waals surface area contributed by atoms with Crippen molar-refractivity contribution in [2.75, 3.05) is 19.4 Å². The van der Waals surface area contributed by atoms with Crippen molar-refractivity contribution < 1.29 is 29.6 Å². The Morgan fingerprint density at radius 2 is 2.06 bits per heavy atom. The van der Waals surface area contributed by atoms with Crippen molar-refractivity contribution >= 4 is 35.6 Å². The molecule has 1 rings (SSSR count). The van der Waals surface area contributed by atoms with Gasteiger partial charge in [-0.3, -0.25) is 9.59 Å². The molecule has 0 bridgehead atoms. The summed E-state index contributed by atoms with van der Waals surface area (Å²) in [6.45, 7) is 7.19. The highest BCUT2D eigenvalue weighted by Crippen LogP contribution is 2.22. The standard InChI is InChI=1S/C20H33ClN2O6S.C2H6/c1-12(21)17(18(16(27)11-25)29-20(30-3)13(2)26)23-19(28)15-7-6-14(5-4-10-24)8-9-22-15;1-2/h4-6,10,12-13,15-18,20,22,25-27H,7-9,11H2,1-3H3,(H,23,28);1-2H3/b5-4+;/t12?,13?,15?,16-,17?,18?,20?;/m0./s1. The lowest BCUT2D eigenvalue weighted by Crippen LogP contribution is -2.58. The van der Waals surface area contributed by atoms with Crippen LogP contribution in [0.5, 0.6) is 0 Å². The number of rotatable bonds is 12. The molecule has 0 saturated heterocycles. The predicted molar refractivity (Wildman–Crippen MR) is 130 cm³/mol. The Morgan fingerprint density at radius 3 is 2.56 bits per heavy atom. The van der Waals surface area contributed by atoms with E-state index in [9.17, 15) is 24.9 Å². The van der Waals surface area contributed by atoms with E-state index in [1.165, 1.54) is 17.8 Å². The number of thioether (sulfide) groups is 1. The molecule has 32 heavy (non-hydrogen) atoms. The molecular formula is C22H39ClN2O6S. The molecule has 8 nitrogen and oxygen atoms in total. The van der Waals surface area contributed by atoms with Gasteiger partial charge in [-0.15, -0.1) is 23.4 Å². The zero-order valence-electron chi connectivity index (χ0n) is 19.5. The molecule has 0 aromatic heterocycles. The fourth-order valence-corrected chi connectivity index (χ4v) is 3.96. The van der Waals surface area contributed by atoms with Crippen molar-refractivity contribution in [3.8, 4) is 0 Å². The maximum absolute atomic E-state index is 12.9. The Kier molecular flexibility index (Phi) is 17.0. The summed E-state index contributed by atoms with van der Waals surface area (Å²) in [4.78, 5) is 23.4. The third kappa shape index (κ3) is 10.8. The van der Waals surface area contributed by atoms with Crippen molar-refractivity contribution in [2.45, 2.75) is 81.7 Å². The van der Waals surface area contributed by atoms with Crippen LogP contribution in [0, 0.1) is 0 Å². The van der Waals surface area contributed by atoms with Crippen molar-refractivity contribution in [3.63, 3.8) is 0 Å². The van der Waals surface area contributed by atoms with Crippen LogP contribution < -0.4 is 10.6 Å². The first kappa shape index (κ1) is 31.1. The number of carbonyl (C=O) groups is 2. The van der Waals surface area contributed by atoms with E-state index in [4.69, 9.17) is 16.3 Å². The second-order valence-corrected chi connectivity index (χ2v) is 8.80. The fourth-order valence-electron chi connectivity index (χ4n) is 3.12. The lowest BCUT2D eigenvalue weighted by Gasteiger charge is -2.36. The summed E-state index contributed by atoms with van der Waals surface area (Å²) in [5.74, 6) is -0.319. The van der Waals surface area contributed by atoms with Crippen LogP contribution in [0.3, 0.4) is 0 Å². The van der Waals surface area contributed by atoms with Crippen molar-refractivity contribution in [2.24, 2.45) is 0 Å². The molecule has 1 aliphatic rings. The van der Waals surface area contributed by atoms with Gasteiger partial charge in [-0.25, -0.2) is 0 Å². The molecule has 7 atom stereocenters. The third-order valence-corrected chi connectivity index (χ3v) is 6.01. The molecule has 6 unspecified atom stereocenters. The smallest absolute Gasteiger partial charge is 0.237 e.